The van der Waals surface area contributed by atoms with Crippen LogP contribution in [0.15, 0.2) is 41.4 Å². The molecular weight excluding hydrogens is 300 g/mol. The Kier molecular flexibility index (Phi) is 3.42. The molecule has 0 aliphatic carbocycles. The fourth-order valence-electron chi connectivity index (χ4n) is 3.08. The normalized spacial score (nSPS) is 16.3. The van der Waals surface area contributed by atoms with Crippen molar-refractivity contribution in [2.75, 3.05) is 18.0 Å². The number of oxazole rings is 1. The van der Waals surface area contributed by atoms with E-state index in [-0.39, 0.29) is 0 Å². The van der Waals surface area contributed by atoms with Gasteiger partial charge in [0.15, 0.2) is 12.2 Å². The van der Waals surface area contributed by atoms with Crippen LogP contribution < -0.4 is 4.90 Å². The van der Waals surface area contributed by atoms with Crippen LogP contribution in [0.3, 0.4) is 0 Å². The van der Waals surface area contributed by atoms with Gasteiger partial charge in [-0.05, 0) is 31.0 Å². The van der Waals surface area contributed by atoms with Crippen LogP contribution in [0.1, 0.15) is 24.5 Å². The highest BCUT2D eigenvalue weighted by Crippen LogP contribution is 2.32. The predicted octanol–water partition coefficient (Wildman–Crippen LogP) is 3.66. The van der Waals surface area contributed by atoms with E-state index in [1.807, 2.05) is 24.4 Å². The monoisotopic (exact) mass is 314 g/mol. The minimum atomic E-state index is 0.441. The Labute approximate surface area is 132 Å². The highest BCUT2D eigenvalue weighted by atomic mass is 35.5. The second kappa shape index (κ2) is 5.57. The van der Waals surface area contributed by atoms with Crippen LogP contribution >= 0.6 is 11.6 Å². The molecule has 0 atom stereocenters. The van der Waals surface area contributed by atoms with Crippen LogP contribution in [0, 0.1) is 0 Å². The summed E-state index contributed by atoms with van der Waals surface area (Å²) in [7, 11) is 0. The summed E-state index contributed by atoms with van der Waals surface area (Å²) in [5.74, 6) is 2.36. The van der Waals surface area contributed by atoms with Crippen molar-refractivity contribution in [2.24, 2.45) is 0 Å². The van der Waals surface area contributed by atoms with Gasteiger partial charge in [0.05, 0.1) is 12.4 Å². The molecule has 1 saturated heterocycles. The molecule has 0 amide bonds. The molecular formula is C16H15ClN4O. The summed E-state index contributed by atoms with van der Waals surface area (Å²) in [4.78, 5) is 6.30. The van der Waals surface area contributed by atoms with E-state index in [9.17, 15) is 0 Å². The largest absolute Gasteiger partial charge is 0.448 e. The first-order valence-electron chi connectivity index (χ1n) is 7.35. The Bertz CT molecular complexity index is 782. The molecule has 0 saturated carbocycles. The molecule has 2 aromatic heterocycles. The van der Waals surface area contributed by atoms with Gasteiger partial charge in [0, 0.05) is 34.8 Å². The van der Waals surface area contributed by atoms with Gasteiger partial charge in [-0.25, -0.2) is 4.98 Å². The summed E-state index contributed by atoms with van der Waals surface area (Å²) < 4.78 is 5.43. The van der Waals surface area contributed by atoms with Crippen LogP contribution in [0.25, 0.3) is 10.8 Å². The molecule has 0 N–H and O–H groups in total. The first kappa shape index (κ1) is 13.5. The number of nitrogens with zero attached hydrogens (tertiary/aromatic N) is 4. The minimum Gasteiger partial charge on any atom is -0.448 e. The van der Waals surface area contributed by atoms with Gasteiger partial charge in [0.1, 0.15) is 5.76 Å². The van der Waals surface area contributed by atoms with Crippen molar-refractivity contribution in [3.63, 3.8) is 0 Å². The average molecular weight is 315 g/mol. The van der Waals surface area contributed by atoms with Gasteiger partial charge in [-0.2, -0.15) is 5.10 Å². The number of hydrogen-bond donors (Lipinski definition) is 0. The van der Waals surface area contributed by atoms with E-state index in [4.69, 9.17) is 16.0 Å². The van der Waals surface area contributed by atoms with Gasteiger partial charge in [0.2, 0.25) is 0 Å². The Morgan fingerprint density at radius 1 is 1.18 bits per heavy atom. The molecule has 5 nitrogen and oxygen atoms in total. The molecule has 0 spiro atoms. The summed E-state index contributed by atoms with van der Waals surface area (Å²) in [5, 5.41) is 11.3. The second-order valence-electron chi connectivity index (χ2n) is 5.56. The van der Waals surface area contributed by atoms with E-state index in [1.54, 1.807) is 6.20 Å². The zero-order chi connectivity index (χ0) is 14.9. The molecule has 4 rings (SSSR count). The maximum absolute atomic E-state index is 6.05. The van der Waals surface area contributed by atoms with E-state index in [1.165, 1.54) is 6.39 Å². The number of piperidine rings is 1. The quantitative estimate of drug-likeness (QED) is 0.722. The van der Waals surface area contributed by atoms with E-state index < -0.39 is 0 Å². The molecule has 3 heterocycles. The summed E-state index contributed by atoms with van der Waals surface area (Å²) >= 11 is 6.05. The predicted molar refractivity (Wildman–Crippen MR) is 85.2 cm³/mol. The zero-order valence-electron chi connectivity index (χ0n) is 11.9. The zero-order valence-corrected chi connectivity index (χ0v) is 12.7. The third kappa shape index (κ3) is 2.41. The Balaban J connectivity index is 1.59. The van der Waals surface area contributed by atoms with Crippen molar-refractivity contribution in [1.82, 2.24) is 15.2 Å². The topological polar surface area (TPSA) is 55.1 Å². The van der Waals surface area contributed by atoms with Crippen molar-refractivity contribution >= 4 is 28.2 Å². The summed E-state index contributed by atoms with van der Waals surface area (Å²) in [6.45, 7) is 1.86. The maximum atomic E-state index is 6.05. The lowest BCUT2D eigenvalue weighted by molar-refractivity contribution is 0.404. The third-order valence-electron chi connectivity index (χ3n) is 4.25. The number of benzene rings is 1. The molecule has 0 bridgehead atoms. The number of anilines is 1. The van der Waals surface area contributed by atoms with Crippen LogP contribution in [-0.2, 0) is 0 Å². The molecule has 1 aliphatic rings. The first-order valence-corrected chi connectivity index (χ1v) is 7.73. The number of halogens is 1. The highest BCUT2D eigenvalue weighted by Gasteiger charge is 2.24. The standard InChI is InChI=1S/C16H15ClN4O/c17-13-1-2-14-12(7-13)8-19-20-16(14)21-5-3-11(4-6-21)15-9-18-10-22-15/h1-2,7-11H,3-6H2. The lowest BCUT2D eigenvalue weighted by Gasteiger charge is -2.32. The van der Waals surface area contributed by atoms with Crippen LogP contribution in [-0.4, -0.2) is 28.3 Å². The van der Waals surface area contributed by atoms with Crippen LogP contribution in [0.2, 0.25) is 5.02 Å². The first-order chi connectivity index (χ1) is 10.8. The molecule has 22 heavy (non-hydrogen) atoms. The molecule has 1 aliphatic heterocycles. The fourth-order valence-corrected chi connectivity index (χ4v) is 3.26. The fraction of sp³-hybridized carbons (Fsp3) is 0.312. The molecule has 1 aromatic carbocycles. The molecule has 112 valence electrons. The highest BCUT2D eigenvalue weighted by molar-refractivity contribution is 6.31. The van der Waals surface area contributed by atoms with Gasteiger partial charge in [-0.1, -0.05) is 11.6 Å². The van der Waals surface area contributed by atoms with E-state index in [2.05, 4.69) is 20.1 Å². The lowest BCUT2D eigenvalue weighted by atomic mass is 9.94. The van der Waals surface area contributed by atoms with Crippen molar-refractivity contribution in [2.45, 2.75) is 18.8 Å². The number of fused-ring (bicyclic) bond motifs is 1. The van der Waals surface area contributed by atoms with Crippen molar-refractivity contribution in [3.05, 3.63) is 47.8 Å². The van der Waals surface area contributed by atoms with Gasteiger partial charge in [-0.3, -0.25) is 0 Å². The van der Waals surface area contributed by atoms with E-state index in [0.717, 1.165) is 53.3 Å². The molecule has 0 unspecified atom stereocenters. The summed E-state index contributed by atoms with van der Waals surface area (Å²) in [6, 6.07) is 5.84. The Morgan fingerprint density at radius 3 is 2.82 bits per heavy atom. The van der Waals surface area contributed by atoms with Gasteiger partial charge >= 0.3 is 0 Å². The van der Waals surface area contributed by atoms with E-state index in [0.29, 0.717) is 5.92 Å². The number of rotatable bonds is 2. The Morgan fingerprint density at radius 2 is 2.05 bits per heavy atom. The summed E-state index contributed by atoms with van der Waals surface area (Å²) in [5.41, 5.74) is 0. The van der Waals surface area contributed by atoms with Crippen molar-refractivity contribution in [3.8, 4) is 0 Å². The number of hydrogen-bond acceptors (Lipinski definition) is 5. The molecule has 6 heteroatoms. The Hall–Kier alpha value is -2.14. The third-order valence-corrected chi connectivity index (χ3v) is 4.49. The smallest absolute Gasteiger partial charge is 0.180 e. The SMILES string of the molecule is Clc1ccc2c(N3CCC(c4cnco4)CC3)nncc2c1. The number of aromatic nitrogens is 3. The minimum absolute atomic E-state index is 0.441. The van der Waals surface area contributed by atoms with Crippen LogP contribution in [0.4, 0.5) is 5.82 Å². The molecule has 0 radical (unpaired) electrons. The van der Waals surface area contributed by atoms with Crippen LogP contribution in [0.5, 0.6) is 0 Å². The van der Waals surface area contributed by atoms with Crippen molar-refractivity contribution in [1.29, 1.82) is 0 Å². The summed E-state index contributed by atoms with van der Waals surface area (Å²) in [6.07, 6.45) is 7.13. The van der Waals surface area contributed by atoms with E-state index >= 15 is 0 Å². The maximum Gasteiger partial charge on any atom is 0.180 e. The lowest BCUT2D eigenvalue weighted by Crippen LogP contribution is -2.33. The average Bonchev–Trinajstić information content (AvgIpc) is 3.09. The van der Waals surface area contributed by atoms with Crippen molar-refractivity contribution < 1.29 is 4.42 Å². The van der Waals surface area contributed by atoms with Gasteiger partial charge < -0.3 is 9.32 Å². The van der Waals surface area contributed by atoms with Gasteiger partial charge in [-0.15, -0.1) is 5.10 Å². The molecule has 3 aromatic rings. The second-order valence-corrected chi connectivity index (χ2v) is 6.00. The molecule has 1 fully saturated rings. The van der Waals surface area contributed by atoms with Gasteiger partial charge in [0.25, 0.3) is 0 Å².